The van der Waals surface area contributed by atoms with Crippen LogP contribution in [0.2, 0.25) is 0 Å². The van der Waals surface area contributed by atoms with Crippen molar-refractivity contribution in [3.63, 3.8) is 0 Å². The van der Waals surface area contributed by atoms with Crippen molar-refractivity contribution < 1.29 is 19.4 Å². The quantitative estimate of drug-likeness (QED) is 0.718. The van der Waals surface area contributed by atoms with Gasteiger partial charge in [0.1, 0.15) is 0 Å². The van der Waals surface area contributed by atoms with Crippen LogP contribution in [0.15, 0.2) is 0 Å². The highest BCUT2D eigenvalue weighted by molar-refractivity contribution is 5.91. The molecule has 0 bridgehead atoms. The van der Waals surface area contributed by atoms with Crippen LogP contribution in [0.5, 0.6) is 0 Å². The van der Waals surface area contributed by atoms with E-state index in [0.717, 1.165) is 0 Å². The zero-order chi connectivity index (χ0) is 11.6. The lowest BCUT2D eigenvalue weighted by atomic mass is 10.2. The van der Waals surface area contributed by atoms with Gasteiger partial charge >= 0.3 is 11.9 Å². The third-order valence-corrected chi connectivity index (χ3v) is 1.96. The summed E-state index contributed by atoms with van der Waals surface area (Å²) in [5.74, 6) is -2.35. The lowest BCUT2D eigenvalue weighted by Gasteiger charge is -2.06. The molecule has 0 radical (unpaired) electrons. The first-order valence-corrected chi connectivity index (χ1v) is 4.14. The third kappa shape index (κ3) is 2.09. The van der Waals surface area contributed by atoms with Crippen LogP contribution in [0.1, 0.15) is 32.4 Å². The predicted octanol–water partition coefficient (Wildman–Crippen LogP) is 0.578. The van der Waals surface area contributed by atoms with Crippen LogP contribution in [0.25, 0.3) is 0 Å². The fourth-order valence-electron chi connectivity index (χ4n) is 1.02. The van der Waals surface area contributed by atoms with Crippen molar-refractivity contribution in [1.29, 1.82) is 0 Å². The van der Waals surface area contributed by atoms with E-state index in [-0.39, 0.29) is 5.69 Å². The molecule has 0 atom stereocenters. The van der Waals surface area contributed by atoms with Crippen LogP contribution >= 0.6 is 0 Å². The Bertz CT molecular complexity index is 428. The zero-order valence-electron chi connectivity index (χ0n) is 8.57. The highest BCUT2D eigenvalue weighted by Crippen LogP contribution is 2.10. The minimum atomic E-state index is -1.27. The summed E-state index contributed by atoms with van der Waals surface area (Å²) in [6.45, 7) is 3.24. The third-order valence-electron chi connectivity index (χ3n) is 1.96. The molecule has 0 aromatic carbocycles. The van der Waals surface area contributed by atoms with Gasteiger partial charge in [-0.3, -0.25) is 0 Å². The largest absolute Gasteiger partial charge is 0.475 e. The Morgan fingerprint density at radius 2 is 1.87 bits per heavy atom. The topological polar surface area (TPSA) is 89.4 Å². The number of carboxylic acids is 1. The molecular weight excluding hydrogens is 200 g/mol. The van der Waals surface area contributed by atoms with Gasteiger partial charge in [-0.05, 0) is 13.8 Å². The van der Waals surface area contributed by atoms with Crippen LogP contribution in [-0.2, 0) is 4.74 Å². The molecule has 15 heavy (non-hydrogen) atoms. The van der Waals surface area contributed by atoms with Gasteiger partial charge in [0.05, 0.1) is 7.11 Å². The number of methoxy groups -OCH3 is 1. The molecule has 0 aliphatic heterocycles. The van der Waals surface area contributed by atoms with Crippen molar-refractivity contribution >= 4 is 11.9 Å². The molecule has 6 nitrogen and oxygen atoms in total. The van der Waals surface area contributed by atoms with Crippen molar-refractivity contribution in [2.45, 2.75) is 13.8 Å². The summed E-state index contributed by atoms with van der Waals surface area (Å²) in [5.41, 5.74) is 0.956. The Hall–Kier alpha value is -1.98. The second kappa shape index (κ2) is 4.04. The van der Waals surface area contributed by atoms with Gasteiger partial charge in [0, 0.05) is 11.3 Å². The average molecular weight is 210 g/mol. The van der Waals surface area contributed by atoms with Crippen molar-refractivity contribution in [2.24, 2.45) is 0 Å². The van der Waals surface area contributed by atoms with E-state index in [1.807, 2.05) is 0 Å². The summed E-state index contributed by atoms with van der Waals surface area (Å²) >= 11 is 0. The molecule has 0 saturated carbocycles. The van der Waals surface area contributed by atoms with Crippen molar-refractivity contribution in [1.82, 2.24) is 9.97 Å². The number of nitrogens with zero attached hydrogens (tertiary/aromatic N) is 2. The summed E-state index contributed by atoms with van der Waals surface area (Å²) in [4.78, 5) is 29.3. The molecular formula is C9H10N2O4. The van der Waals surface area contributed by atoms with Gasteiger partial charge in [-0.1, -0.05) is 0 Å². The van der Waals surface area contributed by atoms with E-state index in [0.29, 0.717) is 11.3 Å². The van der Waals surface area contributed by atoms with Gasteiger partial charge in [0.25, 0.3) is 0 Å². The maximum Gasteiger partial charge on any atom is 0.373 e. The van der Waals surface area contributed by atoms with Crippen LogP contribution < -0.4 is 0 Å². The van der Waals surface area contributed by atoms with Crippen LogP contribution in [0, 0.1) is 13.8 Å². The van der Waals surface area contributed by atoms with Crippen molar-refractivity contribution in [2.75, 3.05) is 7.11 Å². The first-order valence-electron chi connectivity index (χ1n) is 4.14. The number of aryl methyl sites for hydroxylation is 1. The predicted molar refractivity (Wildman–Crippen MR) is 49.8 cm³/mol. The summed E-state index contributed by atoms with van der Waals surface area (Å²) in [5, 5.41) is 8.70. The second-order valence-electron chi connectivity index (χ2n) is 2.90. The van der Waals surface area contributed by atoms with Crippen LogP contribution in [0.3, 0.4) is 0 Å². The molecule has 0 amide bonds. The molecule has 0 fully saturated rings. The van der Waals surface area contributed by atoms with Gasteiger partial charge in [0.15, 0.2) is 5.69 Å². The molecule has 1 N–H and O–H groups in total. The lowest BCUT2D eigenvalue weighted by molar-refractivity contribution is 0.0592. The van der Waals surface area contributed by atoms with E-state index in [2.05, 4.69) is 14.7 Å². The Labute approximate surface area is 85.9 Å². The van der Waals surface area contributed by atoms with E-state index < -0.39 is 17.8 Å². The Morgan fingerprint density at radius 1 is 1.27 bits per heavy atom. The molecule has 1 aromatic heterocycles. The highest BCUT2D eigenvalue weighted by Gasteiger charge is 2.18. The monoisotopic (exact) mass is 210 g/mol. The molecule has 1 heterocycles. The highest BCUT2D eigenvalue weighted by atomic mass is 16.5. The number of aromatic nitrogens is 2. The van der Waals surface area contributed by atoms with E-state index >= 15 is 0 Å². The fraction of sp³-hybridized carbons (Fsp3) is 0.333. The molecule has 6 heteroatoms. The molecule has 0 aliphatic rings. The van der Waals surface area contributed by atoms with Crippen molar-refractivity contribution in [3.8, 4) is 0 Å². The maximum atomic E-state index is 11.3. The maximum absolute atomic E-state index is 11.3. The molecule has 1 aromatic rings. The van der Waals surface area contributed by atoms with E-state index in [9.17, 15) is 9.59 Å². The normalized spacial score (nSPS) is 9.80. The fourth-order valence-corrected chi connectivity index (χ4v) is 1.02. The number of esters is 1. The summed E-state index contributed by atoms with van der Waals surface area (Å²) in [7, 11) is 1.21. The number of carbonyl (C=O) groups is 2. The number of rotatable bonds is 2. The Kier molecular flexibility index (Phi) is 2.99. The molecule has 0 saturated heterocycles. The molecule has 1 rings (SSSR count). The number of aromatic carboxylic acids is 1. The number of hydrogen-bond donors (Lipinski definition) is 1. The zero-order valence-corrected chi connectivity index (χ0v) is 8.57. The number of ether oxygens (including phenoxy) is 1. The number of hydrogen-bond acceptors (Lipinski definition) is 5. The summed E-state index contributed by atoms with van der Waals surface area (Å²) in [6.07, 6.45) is 0. The smallest absolute Gasteiger partial charge is 0.373 e. The van der Waals surface area contributed by atoms with Gasteiger partial charge in [-0.15, -0.1) is 0 Å². The average Bonchev–Trinajstić information content (AvgIpc) is 2.20. The van der Waals surface area contributed by atoms with E-state index in [4.69, 9.17) is 5.11 Å². The molecule has 0 aliphatic carbocycles. The Balaban J connectivity index is 3.37. The van der Waals surface area contributed by atoms with E-state index in [1.54, 1.807) is 13.8 Å². The first-order chi connectivity index (χ1) is 6.97. The molecule has 0 unspecified atom stereocenters. The van der Waals surface area contributed by atoms with E-state index in [1.165, 1.54) is 7.11 Å². The standard InChI is InChI=1S/C9H10N2O4/c1-4-5(2)10-7(8(12)13)11-6(4)9(14)15-3/h1-3H3,(H,12,13). The SMILES string of the molecule is COC(=O)c1nc(C(=O)O)nc(C)c1C. The minimum Gasteiger partial charge on any atom is -0.475 e. The molecule has 80 valence electrons. The van der Waals surface area contributed by atoms with Gasteiger partial charge < -0.3 is 9.84 Å². The minimum absolute atomic E-state index is 0.0117. The lowest BCUT2D eigenvalue weighted by Crippen LogP contribution is -2.15. The summed E-state index contributed by atoms with van der Waals surface area (Å²) in [6, 6.07) is 0. The second-order valence-corrected chi connectivity index (χ2v) is 2.90. The van der Waals surface area contributed by atoms with Gasteiger partial charge in [-0.2, -0.15) is 0 Å². The number of carboxylic acid groups (broad SMARTS) is 1. The van der Waals surface area contributed by atoms with Crippen LogP contribution in [0.4, 0.5) is 0 Å². The van der Waals surface area contributed by atoms with Crippen molar-refractivity contribution in [3.05, 3.63) is 22.8 Å². The first kappa shape index (κ1) is 11.1. The van der Waals surface area contributed by atoms with Gasteiger partial charge in [-0.25, -0.2) is 19.6 Å². The molecule has 0 spiro atoms. The Morgan fingerprint density at radius 3 is 2.33 bits per heavy atom. The van der Waals surface area contributed by atoms with Crippen LogP contribution in [-0.4, -0.2) is 34.1 Å². The summed E-state index contributed by atoms with van der Waals surface area (Å²) < 4.78 is 4.48. The number of carbonyl (C=O) groups excluding carboxylic acids is 1. The van der Waals surface area contributed by atoms with Gasteiger partial charge in [0.2, 0.25) is 5.82 Å².